The summed E-state index contributed by atoms with van der Waals surface area (Å²) in [6.07, 6.45) is -2.67. The number of hydrogen-bond donors (Lipinski definition) is 0. The Morgan fingerprint density at radius 1 is 0.864 bits per heavy atom. The molecule has 9 nitrogen and oxygen atoms in total. The molecule has 0 radical (unpaired) electrons. The minimum absolute atomic E-state index is 0.0318. The quantitative estimate of drug-likeness (QED) is 0.209. The van der Waals surface area contributed by atoms with Crippen molar-refractivity contribution >= 4 is 25.0 Å². The van der Waals surface area contributed by atoms with Crippen LogP contribution in [0.5, 0.6) is 0 Å². The second kappa shape index (κ2) is 13.0. The summed E-state index contributed by atoms with van der Waals surface area (Å²) in [6, 6.07) is 21.0. The SMILES string of the molecule is COCO[C@H](C=O)[C@H]1C[C@H]2OC(C)(C)O[C@H]2[C@H]([C@H]2OC(C)(C)O[C@@H]2CO[Si](c2ccccc2)(c2ccccc2)C(C)(C)C)O1. The van der Waals surface area contributed by atoms with Crippen molar-refractivity contribution in [3.8, 4) is 0 Å². The standard InChI is InChI=1S/C34H48O9Si/c1-32(2,3)44(23-15-11-9-12-16-23,24-17-13-10-14-18-24)38-21-28-30(43-34(6,7)41-28)31-29-26(40-33(4,5)42-29)19-25(39-31)27(20-35)37-22-36-8/h9-18,20,25-31H,19,21-22H2,1-8H3/t25-,26-,27-,28-,29-,30+,31-/m1/s1. The fourth-order valence-corrected chi connectivity index (χ4v) is 11.6. The van der Waals surface area contributed by atoms with E-state index < -0.39 is 56.5 Å². The number of methoxy groups -OCH3 is 1. The van der Waals surface area contributed by atoms with E-state index in [4.69, 9.17) is 37.6 Å². The van der Waals surface area contributed by atoms with Crippen LogP contribution in [0.2, 0.25) is 5.04 Å². The molecule has 44 heavy (non-hydrogen) atoms. The van der Waals surface area contributed by atoms with Crippen molar-refractivity contribution in [3.63, 3.8) is 0 Å². The fraction of sp³-hybridized carbons (Fsp3) is 0.618. The average molecular weight is 629 g/mol. The molecule has 0 aromatic heterocycles. The van der Waals surface area contributed by atoms with E-state index in [2.05, 4.69) is 69.3 Å². The van der Waals surface area contributed by atoms with Gasteiger partial charge in [0.1, 0.15) is 37.3 Å². The van der Waals surface area contributed by atoms with Crippen molar-refractivity contribution in [1.82, 2.24) is 0 Å². The highest BCUT2D eigenvalue weighted by Gasteiger charge is 2.59. The fourth-order valence-electron chi connectivity index (χ4n) is 6.98. The lowest BCUT2D eigenvalue weighted by atomic mass is 9.91. The number of aldehydes is 1. The lowest BCUT2D eigenvalue weighted by Crippen LogP contribution is -2.67. The van der Waals surface area contributed by atoms with Gasteiger partial charge in [-0.25, -0.2) is 0 Å². The van der Waals surface area contributed by atoms with Crippen LogP contribution in [0.1, 0.15) is 54.9 Å². The first-order valence-corrected chi connectivity index (χ1v) is 17.4. The third-order valence-electron chi connectivity index (χ3n) is 8.65. The van der Waals surface area contributed by atoms with E-state index in [-0.39, 0.29) is 24.5 Å². The van der Waals surface area contributed by atoms with E-state index in [1.165, 1.54) is 17.5 Å². The van der Waals surface area contributed by atoms with Gasteiger partial charge in [-0.1, -0.05) is 81.4 Å². The molecule has 3 saturated heterocycles. The number of hydrogen-bond acceptors (Lipinski definition) is 9. The molecule has 3 aliphatic rings. The Morgan fingerprint density at radius 3 is 1.98 bits per heavy atom. The van der Waals surface area contributed by atoms with Crippen molar-refractivity contribution in [3.05, 3.63) is 60.7 Å². The molecule has 0 amide bonds. The van der Waals surface area contributed by atoms with E-state index >= 15 is 0 Å². The van der Waals surface area contributed by atoms with Crippen molar-refractivity contribution in [2.45, 2.75) is 114 Å². The molecule has 2 aromatic carbocycles. The van der Waals surface area contributed by atoms with Gasteiger partial charge in [-0.05, 0) is 43.1 Å². The van der Waals surface area contributed by atoms with Crippen LogP contribution in [0.3, 0.4) is 0 Å². The molecule has 242 valence electrons. The minimum atomic E-state index is -2.86. The summed E-state index contributed by atoms with van der Waals surface area (Å²) in [6.45, 7) is 14.5. The molecule has 10 heteroatoms. The smallest absolute Gasteiger partial charge is 0.261 e. The van der Waals surface area contributed by atoms with Crippen LogP contribution in [0.25, 0.3) is 0 Å². The monoisotopic (exact) mass is 628 g/mol. The summed E-state index contributed by atoms with van der Waals surface area (Å²) in [5, 5.41) is 2.15. The van der Waals surface area contributed by atoms with Gasteiger partial charge in [0.25, 0.3) is 8.32 Å². The van der Waals surface area contributed by atoms with Crippen LogP contribution in [-0.4, -0.2) is 89.4 Å². The van der Waals surface area contributed by atoms with Crippen molar-refractivity contribution < 1.29 is 42.4 Å². The summed E-state index contributed by atoms with van der Waals surface area (Å²) in [5.41, 5.74) is 0. The minimum Gasteiger partial charge on any atom is -0.405 e. The van der Waals surface area contributed by atoms with E-state index in [9.17, 15) is 4.79 Å². The lowest BCUT2D eigenvalue weighted by molar-refractivity contribution is -0.224. The average Bonchev–Trinajstić information content (AvgIpc) is 3.46. The zero-order valence-corrected chi connectivity index (χ0v) is 28.2. The third kappa shape index (κ3) is 6.74. The van der Waals surface area contributed by atoms with E-state index in [1.54, 1.807) is 0 Å². The molecule has 7 atom stereocenters. The zero-order chi connectivity index (χ0) is 31.8. The van der Waals surface area contributed by atoms with Crippen molar-refractivity contribution in [1.29, 1.82) is 0 Å². The van der Waals surface area contributed by atoms with Gasteiger partial charge in [0.2, 0.25) is 0 Å². The second-order valence-electron chi connectivity index (χ2n) is 13.8. The lowest BCUT2D eigenvalue weighted by Gasteiger charge is -2.44. The number of benzene rings is 2. The van der Waals surface area contributed by atoms with Gasteiger partial charge in [0, 0.05) is 13.5 Å². The first kappa shape index (κ1) is 33.4. The third-order valence-corrected chi connectivity index (χ3v) is 13.7. The van der Waals surface area contributed by atoms with E-state index in [0.29, 0.717) is 6.42 Å². The van der Waals surface area contributed by atoms with Crippen LogP contribution in [-0.2, 0) is 42.4 Å². The highest BCUT2D eigenvalue weighted by Crippen LogP contribution is 2.44. The normalized spacial score (nSPS) is 30.5. The Labute approximate surface area is 262 Å². The first-order valence-electron chi connectivity index (χ1n) is 15.5. The molecule has 0 saturated carbocycles. The second-order valence-corrected chi connectivity index (χ2v) is 18.1. The molecule has 2 aromatic rings. The maximum Gasteiger partial charge on any atom is 0.261 e. The van der Waals surface area contributed by atoms with Crippen molar-refractivity contribution in [2.75, 3.05) is 20.5 Å². The molecule has 0 unspecified atom stereocenters. The summed E-state index contributed by atoms with van der Waals surface area (Å²) in [5.74, 6) is -1.73. The Hall–Kier alpha value is -1.99. The molecule has 3 fully saturated rings. The number of rotatable bonds is 11. The van der Waals surface area contributed by atoms with Crippen LogP contribution < -0.4 is 10.4 Å². The van der Waals surface area contributed by atoms with Gasteiger partial charge >= 0.3 is 0 Å². The summed E-state index contributed by atoms with van der Waals surface area (Å²) >= 11 is 0. The highest BCUT2D eigenvalue weighted by atomic mass is 28.4. The molecular formula is C34H48O9Si. The Bertz CT molecular complexity index is 1190. The number of carbonyl (C=O) groups excluding carboxylic acids is 1. The topological polar surface area (TPSA) is 90.9 Å². The van der Waals surface area contributed by atoms with Gasteiger partial charge < -0.3 is 42.4 Å². The molecule has 5 rings (SSSR count). The van der Waals surface area contributed by atoms with Crippen molar-refractivity contribution in [2.24, 2.45) is 0 Å². The molecule has 3 heterocycles. The summed E-state index contributed by atoms with van der Waals surface area (Å²) < 4.78 is 50.5. The molecule has 0 bridgehead atoms. The number of fused-ring (bicyclic) bond motifs is 1. The van der Waals surface area contributed by atoms with E-state index in [0.717, 1.165) is 6.29 Å². The Balaban J connectivity index is 1.49. The summed E-state index contributed by atoms with van der Waals surface area (Å²) in [7, 11) is -1.34. The largest absolute Gasteiger partial charge is 0.405 e. The van der Waals surface area contributed by atoms with Crippen LogP contribution in [0.15, 0.2) is 60.7 Å². The first-order chi connectivity index (χ1) is 20.8. The van der Waals surface area contributed by atoms with Crippen LogP contribution in [0, 0.1) is 0 Å². The summed E-state index contributed by atoms with van der Waals surface area (Å²) in [4.78, 5) is 12.1. The van der Waals surface area contributed by atoms with Crippen LogP contribution >= 0.6 is 0 Å². The van der Waals surface area contributed by atoms with Gasteiger partial charge in [-0.15, -0.1) is 0 Å². The molecule has 0 N–H and O–H groups in total. The highest BCUT2D eigenvalue weighted by molar-refractivity contribution is 6.99. The predicted octanol–water partition coefficient (Wildman–Crippen LogP) is 3.95. The maximum absolute atomic E-state index is 12.1. The van der Waals surface area contributed by atoms with Gasteiger partial charge in [0.15, 0.2) is 17.9 Å². The molecule has 3 aliphatic heterocycles. The number of ether oxygens (including phenoxy) is 7. The van der Waals surface area contributed by atoms with Gasteiger partial charge in [-0.2, -0.15) is 0 Å². The Morgan fingerprint density at radius 2 is 1.43 bits per heavy atom. The van der Waals surface area contributed by atoms with Gasteiger partial charge in [0.05, 0.1) is 18.8 Å². The predicted molar refractivity (Wildman–Crippen MR) is 167 cm³/mol. The van der Waals surface area contributed by atoms with E-state index in [1.807, 2.05) is 39.8 Å². The van der Waals surface area contributed by atoms with Crippen LogP contribution in [0.4, 0.5) is 0 Å². The molecule has 0 aliphatic carbocycles. The number of carbonyl (C=O) groups is 1. The van der Waals surface area contributed by atoms with Gasteiger partial charge in [-0.3, -0.25) is 0 Å². The molecule has 0 spiro atoms. The zero-order valence-electron chi connectivity index (χ0n) is 27.2. The molecular weight excluding hydrogens is 580 g/mol. The maximum atomic E-state index is 12.1. The Kier molecular flexibility index (Phi) is 9.87.